The van der Waals surface area contributed by atoms with Crippen molar-refractivity contribution >= 4 is 11.4 Å². The summed E-state index contributed by atoms with van der Waals surface area (Å²) in [5.74, 6) is 0. The number of nitrogens with zero attached hydrogens (tertiary/aromatic N) is 3. The Morgan fingerprint density at radius 2 is 2.15 bits per heavy atom. The molecule has 1 aliphatic heterocycles. The average molecular weight is 291 g/mol. The SMILES string of the molecule is CCC1(O)CN(c2cc(C(F)(F)F)ncc2[N+](=O)[O-])C1. The second-order valence-electron chi connectivity index (χ2n) is 4.75. The third kappa shape index (κ3) is 2.53. The lowest BCUT2D eigenvalue weighted by Gasteiger charge is -2.47. The van der Waals surface area contributed by atoms with Gasteiger partial charge in [-0.1, -0.05) is 6.92 Å². The van der Waals surface area contributed by atoms with Gasteiger partial charge in [0, 0.05) is 13.1 Å². The van der Waals surface area contributed by atoms with Crippen LogP contribution in [0.2, 0.25) is 0 Å². The van der Waals surface area contributed by atoms with Crippen LogP contribution in [0, 0.1) is 10.1 Å². The molecule has 1 aromatic rings. The Morgan fingerprint density at radius 3 is 2.60 bits per heavy atom. The van der Waals surface area contributed by atoms with Crippen LogP contribution in [-0.4, -0.2) is 33.7 Å². The molecule has 0 amide bonds. The van der Waals surface area contributed by atoms with Crippen LogP contribution in [0.3, 0.4) is 0 Å². The Balaban J connectivity index is 2.37. The Hall–Kier alpha value is -1.90. The first kappa shape index (κ1) is 14.5. The number of halogens is 3. The van der Waals surface area contributed by atoms with Crippen LogP contribution in [0.5, 0.6) is 0 Å². The maximum absolute atomic E-state index is 12.6. The lowest BCUT2D eigenvalue weighted by Crippen LogP contribution is -2.61. The summed E-state index contributed by atoms with van der Waals surface area (Å²) in [6.45, 7) is 1.86. The largest absolute Gasteiger partial charge is 0.433 e. The van der Waals surface area contributed by atoms with E-state index in [1.165, 1.54) is 4.90 Å². The summed E-state index contributed by atoms with van der Waals surface area (Å²) >= 11 is 0. The molecule has 0 radical (unpaired) electrons. The molecule has 0 saturated carbocycles. The molecule has 9 heteroatoms. The van der Waals surface area contributed by atoms with Crippen molar-refractivity contribution in [1.29, 1.82) is 0 Å². The second-order valence-corrected chi connectivity index (χ2v) is 4.75. The van der Waals surface area contributed by atoms with Crippen molar-refractivity contribution in [3.05, 3.63) is 28.1 Å². The Kier molecular flexibility index (Phi) is 3.32. The molecule has 1 fully saturated rings. The second kappa shape index (κ2) is 4.58. The number of hydrogen-bond donors (Lipinski definition) is 1. The highest BCUT2D eigenvalue weighted by Crippen LogP contribution is 2.38. The molecule has 1 saturated heterocycles. The predicted molar refractivity (Wildman–Crippen MR) is 63.3 cm³/mol. The van der Waals surface area contributed by atoms with Gasteiger partial charge in [0.2, 0.25) is 0 Å². The van der Waals surface area contributed by atoms with E-state index in [0.29, 0.717) is 18.7 Å². The molecule has 110 valence electrons. The van der Waals surface area contributed by atoms with Crippen molar-refractivity contribution in [2.45, 2.75) is 25.1 Å². The van der Waals surface area contributed by atoms with Crippen LogP contribution in [0.25, 0.3) is 0 Å². The van der Waals surface area contributed by atoms with E-state index in [-0.39, 0.29) is 18.8 Å². The van der Waals surface area contributed by atoms with Gasteiger partial charge >= 0.3 is 11.9 Å². The average Bonchev–Trinajstić information content (AvgIpc) is 2.33. The van der Waals surface area contributed by atoms with Crippen LogP contribution in [0.1, 0.15) is 19.0 Å². The lowest BCUT2D eigenvalue weighted by molar-refractivity contribution is -0.384. The summed E-state index contributed by atoms with van der Waals surface area (Å²) in [6, 6.07) is 0.646. The first-order valence-corrected chi connectivity index (χ1v) is 5.85. The third-order valence-corrected chi connectivity index (χ3v) is 3.32. The van der Waals surface area contributed by atoms with E-state index in [4.69, 9.17) is 0 Å². The fraction of sp³-hybridized carbons (Fsp3) is 0.545. The highest BCUT2D eigenvalue weighted by atomic mass is 19.4. The topological polar surface area (TPSA) is 79.5 Å². The number of alkyl halides is 3. The molecular weight excluding hydrogens is 279 g/mol. The summed E-state index contributed by atoms with van der Waals surface area (Å²) in [4.78, 5) is 14.5. The van der Waals surface area contributed by atoms with Gasteiger partial charge in [0.1, 0.15) is 17.6 Å². The highest BCUT2D eigenvalue weighted by Gasteiger charge is 2.43. The van der Waals surface area contributed by atoms with Crippen molar-refractivity contribution in [3.63, 3.8) is 0 Å². The minimum Gasteiger partial charge on any atom is -0.386 e. The first-order valence-electron chi connectivity index (χ1n) is 5.85. The smallest absolute Gasteiger partial charge is 0.386 e. The number of aliphatic hydroxyl groups is 1. The fourth-order valence-electron chi connectivity index (χ4n) is 2.04. The van der Waals surface area contributed by atoms with E-state index in [9.17, 15) is 28.4 Å². The zero-order valence-electron chi connectivity index (χ0n) is 10.5. The standard InChI is InChI=1S/C11H12F3N3O3/c1-2-10(18)5-16(6-10)7-3-9(11(12,13)14)15-4-8(7)17(19)20/h3-4,18H,2,5-6H2,1H3. The monoisotopic (exact) mass is 291 g/mol. The Morgan fingerprint density at radius 1 is 1.55 bits per heavy atom. The van der Waals surface area contributed by atoms with Gasteiger partial charge in [0.15, 0.2) is 0 Å². The summed E-state index contributed by atoms with van der Waals surface area (Å²) in [6.07, 6.45) is -3.65. The molecule has 6 nitrogen and oxygen atoms in total. The van der Waals surface area contributed by atoms with Crippen molar-refractivity contribution < 1.29 is 23.2 Å². The van der Waals surface area contributed by atoms with Crippen LogP contribution >= 0.6 is 0 Å². The quantitative estimate of drug-likeness (QED) is 0.680. The van der Waals surface area contributed by atoms with Gasteiger partial charge in [0.25, 0.3) is 0 Å². The zero-order valence-corrected chi connectivity index (χ0v) is 10.5. The van der Waals surface area contributed by atoms with Gasteiger partial charge in [-0.2, -0.15) is 13.2 Å². The molecule has 0 atom stereocenters. The van der Waals surface area contributed by atoms with Crippen LogP contribution in [0.15, 0.2) is 12.3 Å². The van der Waals surface area contributed by atoms with Crippen molar-refractivity contribution in [3.8, 4) is 0 Å². The molecule has 0 spiro atoms. The fourth-order valence-corrected chi connectivity index (χ4v) is 2.04. The van der Waals surface area contributed by atoms with Crippen molar-refractivity contribution in [2.24, 2.45) is 0 Å². The Bertz CT molecular complexity index is 541. The summed E-state index contributed by atoms with van der Waals surface area (Å²) in [5, 5.41) is 20.7. The summed E-state index contributed by atoms with van der Waals surface area (Å²) in [5.41, 5.74) is -2.87. The number of hydrogen-bond acceptors (Lipinski definition) is 5. The minimum atomic E-state index is -4.67. The third-order valence-electron chi connectivity index (χ3n) is 3.32. The van der Waals surface area contributed by atoms with Crippen LogP contribution in [0.4, 0.5) is 24.5 Å². The first-order chi connectivity index (χ1) is 9.16. The van der Waals surface area contributed by atoms with Gasteiger partial charge in [0.05, 0.1) is 10.5 Å². The molecule has 20 heavy (non-hydrogen) atoms. The molecule has 0 unspecified atom stereocenters. The van der Waals surface area contributed by atoms with E-state index in [2.05, 4.69) is 4.98 Å². The predicted octanol–water partition coefficient (Wildman–Crippen LogP) is 1.97. The zero-order chi connectivity index (χ0) is 15.1. The molecule has 0 bridgehead atoms. The van der Waals surface area contributed by atoms with Crippen LogP contribution < -0.4 is 4.90 Å². The summed E-state index contributed by atoms with van der Waals surface area (Å²) < 4.78 is 37.8. The van der Waals surface area contributed by atoms with Gasteiger partial charge in [-0.05, 0) is 12.5 Å². The van der Waals surface area contributed by atoms with Gasteiger partial charge in [-0.25, -0.2) is 4.98 Å². The number of nitro groups is 1. The maximum atomic E-state index is 12.6. The molecule has 1 aromatic heterocycles. The number of rotatable bonds is 3. The molecular formula is C11H12F3N3O3. The van der Waals surface area contributed by atoms with E-state index >= 15 is 0 Å². The molecule has 2 heterocycles. The number of pyridine rings is 1. The highest BCUT2D eigenvalue weighted by molar-refractivity contribution is 5.65. The van der Waals surface area contributed by atoms with E-state index < -0.39 is 28.1 Å². The molecule has 0 aliphatic carbocycles. The number of anilines is 1. The van der Waals surface area contributed by atoms with Crippen molar-refractivity contribution in [2.75, 3.05) is 18.0 Å². The number of aromatic nitrogens is 1. The maximum Gasteiger partial charge on any atom is 0.433 e. The van der Waals surface area contributed by atoms with Gasteiger partial charge in [-0.3, -0.25) is 10.1 Å². The van der Waals surface area contributed by atoms with Crippen molar-refractivity contribution in [1.82, 2.24) is 4.98 Å². The molecule has 2 rings (SSSR count). The molecule has 1 N–H and O–H groups in total. The van der Waals surface area contributed by atoms with Gasteiger partial charge in [-0.15, -0.1) is 0 Å². The lowest BCUT2D eigenvalue weighted by atomic mass is 9.90. The van der Waals surface area contributed by atoms with E-state index in [1.54, 1.807) is 6.92 Å². The number of β-amino-alcohol motifs (C(OH)–C–C–N with tert-alkyl or cyclic N) is 1. The normalized spacial score (nSPS) is 17.8. The van der Waals surface area contributed by atoms with E-state index in [0.717, 1.165) is 0 Å². The Labute approximate surface area is 112 Å². The molecule has 1 aliphatic rings. The summed E-state index contributed by atoms with van der Waals surface area (Å²) in [7, 11) is 0. The van der Waals surface area contributed by atoms with Gasteiger partial charge < -0.3 is 10.0 Å². The molecule has 0 aromatic carbocycles. The van der Waals surface area contributed by atoms with E-state index in [1.807, 2.05) is 0 Å². The van der Waals surface area contributed by atoms with Crippen LogP contribution in [-0.2, 0) is 6.18 Å². The minimum absolute atomic E-state index is 0.0612.